The summed E-state index contributed by atoms with van der Waals surface area (Å²) >= 11 is 2.45. The van der Waals surface area contributed by atoms with Crippen LogP contribution in [0.4, 0.5) is 13.9 Å². The number of rotatable bonds is 6. The molecule has 0 atom stereocenters. The third-order valence-corrected chi connectivity index (χ3v) is 6.21. The highest BCUT2D eigenvalue weighted by Gasteiger charge is 2.22. The average Bonchev–Trinajstić information content (AvgIpc) is 3.27. The van der Waals surface area contributed by atoms with Crippen molar-refractivity contribution in [2.24, 2.45) is 0 Å². The van der Waals surface area contributed by atoms with Gasteiger partial charge in [-0.2, -0.15) is 8.78 Å². The third-order valence-electron chi connectivity index (χ3n) is 4.21. The van der Waals surface area contributed by atoms with Gasteiger partial charge in [0.05, 0.1) is 27.0 Å². The number of anilines is 1. The molecule has 0 aliphatic carbocycles. The van der Waals surface area contributed by atoms with Crippen LogP contribution in [-0.4, -0.2) is 32.7 Å². The summed E-state index contributed by atoms with van der Waals surface area (Å²) in [6, 6.07) is 14.4. The molecule has 0 radical (unpaired) electrons. The van der Waals surface area contributed by atoms with Crippen LogP contribution in [0.1, 0.15) is 13.5 Å². The molecule has 9 heteroatoms. The molecule has 4 aromatic rings. The molecule has 2 heterocycles. The Balaban J connectivity index is 1.56. The summed E-state index contributed by atoms with van der Waals surface area (Å²) < 4.78 is 28.9. The summed E-state index contributed by atoms with van der Waals surface area (Å²) in [7, 11) is 0. The molecule has 1 amide bonds. The van der Waals surface area contributed by atoms with E-state index < -0.39 is 6.55 Å². The molecule has 0 N–H and O–H groups in total. The monoisotopic (exact) mass is 418 g/mol. The maximum atomic E-state index is 13.5. The van der Waals surface area contributed by atoms with Crippen molar-refractivity contribution in [1.82, 2.24) is 14.5 Å². The number of nitrogens with zero attached hydrogens (tertiary/aromatic N) is 4. The minimum absolute atomic E-state index is 0.000191. The molecule has 4 rings (SSSR count). The molecule has 144 valence electrons. The molecular formula is C19H16F2N4OS2. The van der Waals surface area contributed by atoms with E-state index in [1.807, 2.05) is 31.2 Å². The lowest BCUT2D eigenvalue weighted by Crippen LogP contribution is -2.32. The summed E-state index contributed by atoms with van der Waals surface area (Å²) in [6.07, 6.45) is 0. The first-order valence-electron chi connectivity index (χ1n) is 8.62. The highest BCUT2D eigenvalue weighted by atomic mass is 32.2. The molecule has 0 bridgehead atoms. The number of carbonyl (C=O) groups is 1. The Kier molecular flexibility index (Phi) is 5.27. The fraction of sp³-hybridized carbons (Fsp3) is 0.211. The number of benzene rings is 2. The number of thioether (sulfide) groups is 1. The largest absolute Gasteiger partial charge is 0.321 e. The van der Waals surface area contributed by atoms with E-state index in [0.29, 0.717) is 22.7 Å². The number of para-hydroxylation sites is 3. The normalized spacial score (nSPS) is 11.6. The Morgan fingerprint density at radius 3 is 2.57 bits per heavy atom. The van der Waals surface area contributed by atoms with Crippen LogP contribution in [0.3, 0.4) is 0 Å². The summed E-state index contributed by atoms with van der Waals surface area (Å²) in [6.45, 7) is -0.412. The second kappa shape index (κ2) is 7.84. The Morgan fingerprint density at radius 1 is 1.14 bits per heavy atom. The molecule has 5 nitrogen and oxygen atoms in total. The van der Waals surface area contributed by atoms with Crippen LogP contribution in [0.2, 0.25) is 0 Å². The number of alkyl halides is 2. The first-order chi connectivity index (χ1) is 13.6. The molecule has 0 spiro atoms. The molecule has 0 saturated heterocycles. The fourth-order valence-electron chi connectivity index (χ4n) is 2.91. The maximum Gasteiger partial charge on any atom is 0.321 e. The van der Waals surface area contributed by atoms with Crippen LogP contribution >= 0.6 is 23.1 Å². The number of fused-ring (bicyclic) bond motifs is 2. The standard InChI is InChI=1S/C19H16F2N4OS2/c1-2-24(18-23-13-8-4-6-10-15(13)28-18)16(26)11-27-19-22-12-7-3-5-9-14(12)25(19)17(20)21/h3-10,17H,2,11H2,1H3. The zero-order valence-corrected chi connectivity index (χ0v) is 16.5. The number of amides is 1. The van der Waals surface area contributed by atoms with Crippen LogP contribution in [0, 0.1) is 0 Å². The summed E-state index contributed by atoms with van der Waals surface area (Å²) in [4.78, 5) is 23.1. The van der Waals surface area contributed by atoms with E-state index in [0.717, 1.165) is 26.5 Å². The van der Waals surface area contributed by atoms with Gasteiger partial charge in [-0.05, 0) is 31.2 Å². The molecule has 0 saturated carbocycles. The van der Waals surface area contributed by atoms with Gasteiger partial charge < -0.3 is 0 Å². The molecule has 2 aromatic heterocycles. The van der Waals surface area contributed by atoms with Gasteiger partial charge >= 0.3 is 6.55 Å². The lowest BCUT2D eigenvalue weighted by atomic mass is 10.3. The second-order valence-corrected chi connectivity index (χ2v) is 7.87. The van der Waals surface area contributed by atoms with Crippen LogP contribution in [0.15, 0.2) is 53.7 Å². The Labute approximate surface area is 168 Å². The topological polar surface area (TPSA) is 51.0 Å². The summed E-state index contributed by atoms with van der Waals surface area (Å²) in [5.74, 6) is -0.195. The van der Waals surface area contributed by atoms with E-state index in [4.69, 9.17) is 0 Å². The Morgan fingerprint density at radius 2 is 1.86 bits per heavy atom. The predicted octanol–water partition coefficient (Wildman–Crippen LogP) is 5.19. The maximum absolute atomic E-state index is 13.5. The van der Waals surface area contributed by atoms with Crippen molar-refractivity contribution in [3.63, 3.8) is 0 Å². The molecule has 2 aromatic carbocycles. The molecule has 0 unspecified atom stereocenters. The minimum Gasteiger partial charge on any atom is -0.288 e. The Hall–Kier alpha value is -2.52. The number of halogens is 2. The zero-order valence-electron chi connectivity index (χ0n) is 14.9. The average molecular weight is 418 g/mol. The SMILES string of the molecule is CCN(C(=O)CSc1nc2ccccc2n1C(F)F)c1nc2ccccc2s1. The van der Waals surface area contributed by atoms with E-state index in [-0.39, 0.29) is 16.8 Å². The predicted molar refractivity (Wildman–Crippen MR) is 109 cm³/mol. The van der Waals surface area contributed by atoms with Gasteiger partial charge in [0.2, 0.25) is 5.91 Å². The second-order valence-electron chi connectivity index (χ2n) is 5.92. The van der Waals surface area contributed by atoms with Crippen LogP contribution < -0.4 is 4.90 Å². The summed E-state index contributed by atoms with van der Waals surface area (Å²) in [5, 5.41) is 0.738. The van der Waals surface area contributed by atoms with Crippen LogP contribution in [0.5, 0.6) is 0 Å². The van der Waals surface area contributed by atoms with Gasteiger partial charge in [0.25, 0.3) is 0 Å². The van der Waals surface area contributed by atoms with Crippen molar-refractivity contribution in [2.45, 2.75) is 18.6 Å². The van der Waals surface area contributed by atoms with E-state index in [1.165, 1.54) is 11.3 Å². The van der Waals surface area contributed by atoms with Gasteiger partial charge in [-0.15, -0.1) is 0 Å². The van der Waals surface area contributed by atoms with Gasteiger partial charge in [0, 0.05) is 6.54 Å². The van der Waals surface area contributed by atoms with Crippen LogP contribution in [0.25, 0.3) is 21.3 Å². The van der Waals surface area contributed by atoms with Crippen molar-refractivity contribution in [3.05, 3.63) is 48.5 Å². The molecule has 0 aliphatic rings. The van der Waals surface area contributed by atoms with Gasteiger partial charge in [-0.3, -0.25) is 14.3 Å². The van der Waals surface area contributed by atoms with Gasteiger partial charge in [0.15, 0.2) is 10.3 Å². The smallest absolute Gasteiger partial charge is 0.288 e. The number of thiazole rings is 1. The van der Waals surface area contributed by atoms with E-state index in [1.54, 1.807) is 29.2 Å². The first-order valence-corrected chi connectivity index (χ1v) is 10.4. The van der Waals surface area contributed by atoms with E-state index >= 15 is 0 Å². The molecule has 0 aliphatic heterocycles. The van der Waals surface area contributed by atoms with Gasteiger partial charge in [0.1, 0.15) is 0 Å². The minimum atomic E-state index is -2.73. The highest BCUT2D eigenvalue weighted by molar-refractivity contribution is 7.99. The molecule has 0 fully saturated rings. The van der Waals surface area contributed by atoms with Gasteiger partial charge in [-0.25, -0.2) is 9.97 Å². The number of carbonyl (C=O) groups excluding carboxylic acids is 1. The third kappa shape index (κ3) is 3.47. The fourth-order valence-corrected chi connectivity index (χ4v) is 4.85. The van der Waals surface area contributed by atoms with Crippen molar-refractivity contribution < 1.29 is 13.6 Å². The van der Waals surface area contributed by atoms with Crippen molar-refractivity contribution in [3.8, 4) is 0 Å². The van der Waals surface area contributed by atoms with Crippen molar-refractivity contribution in [2.75, 3.05) is 17.2 Å². The van der Waals surface area contributed by atoms with E-state index in [9.17, 15) is 13.6 Å². The van der Waals surface area contributed by atoms with E-state index in [2.05, 4.69) is 9.97 Å². The molecule has 28 heavy (non-hydrogen) atoms. The van der Waals surface area contributed by atoms with Gasteiger partial charge in [-0.1, -0.05) is 47.4 Å². The van der Waals surface area contributed by atoms with Crippen molar-refractivity contribution in [1.29, 1.82) is 0 Å². The first kappa shape index (κ1) is 18.8. The lowest BCUT2D eigenvalue weighted by Gasteiger charge is -2.17. The number of aromatic nitrogens is 3. The lowest BCUT2D eigenvalue weighted by molar-refractivity contribution is -0.116. The van der Waals surface area contributed by atoms with Crippen LogP contribution in [-0.2, 0) is 4.79 Å². The number of imidazole rings is 1. The Bertz CT molecular complexity index is 1110. The highest BCUT2D eigenvalue weighted by Crippen LogP contribution is 2.31. The quantitative estimate of drug-likeness (QED) is 0.405. The number of hydrogen-bond donors (Lipinski definition) is 0. The zero-order chi connectivity index (χ0) is 19.7. The molecular weight excluding hydrogens is 402 g/mol. The summed E-state index contributed by atoms with van der Waals surface area (Å²) in [5.41, 5.74) is 1.67. The van der Waals surface area contributed by atoms with Crippen molar-refractivity contribution >= 4 is 55.4 Å². The number of hydrogen-bond acceptors (Lipinski definition) is 5.